The minimum atomic E-state index is -1.00. The zero-order chi connectivity index (χ0) is 19.5. The third-order valence-electron chi connectivity index (χ3n) is 4.02. The van der Waals surface area contributed by atoms with Gasteiger partial charge < -0.3 is 9.64 Å². The molecule has 0 aliphatic rings. The molecule has 0 aliphatic carbocycles. The van der Waals surface area contributed by atoms with Crippen LogP contribution in [0, 0.1) is 18.3 Å². The first-order valence-electron chi connectivity index (χ1n) is 7.84. The summed E-state index contributed by atoms with van der Waals surface area (Å²) in [7, 11) is 1.48. The second kappa shape index (κ2) is 7.58. The lowest BCUT2D eigenvalue weighted by Gasteiger charge is -2.28. The Labute approximate surface area is 156 Å². The van der Waals surface area contributed by atoms with Crippen molar-refractivity contribution in [2.45, 2.75) is 26.3 Å². The molecule has 1 amide bonds. The number of halogens is 1. The van der Waals surface area contributed by atoms with Crippen LogP contribution < -0.4 is 0 Å². The van der Waals surface area contributed by atoms with E-state index >= 15 is 0 Å². The number of rotatable bonds is 5. The highest BCUT2D eigenvalue weighted by Crippen LogP contribution is 2.24. The Morgan fingerprint density at radius 3 is 2.54 bits per heavy atom. The van der Waals surface area contributed by atoms with E-state index in [1.807, 2.05) is 24.3 Å². The summed E-state index contributed by atoms with van der Waals surface area (Å²) in [5.74, 6) is -1.24. The molecule has 0 atom stereocenters. The van der Waals surface area contributed by atoms with Gasteiger partial charge in [-0.3, -0.25) is 4.79 Å². The fourth-order valence-electron chi connectivity index (χ4n) is 2.15. The van der Waals surface area contributed by atoms with Crippen LogP contribution in [0.5, 0.6) is 0 Å². The SMILES string of the molecule is Cc1nn(-c2ccccc2)c(Cl)c1C(=O)OCC(=O)N(C)C(C)(C)C#N. The average Bonchev–Trinajstić information content (AvgIpc) is 2.93. The fraction of sp³-hybridized carbons (Fsp3) is 0.333. The molecule has 0 spiro atoms. The highest BCUT2D eigenvalue weighted by Gasteiger charge is 2.29. The lowest BCUT2D eigenvalue weighted by Crippen LogP contribution is -2.45. The smallest absolute Gasteiger partial charge is 0.343 e. The molecule has 0 saturated carbocycles. The third kappa shape index (κ3) is 3.86. The highest BCUT2D eigenvalue weighted by molar-refractivity contribution is 6.33. The zero-order valence-corrected chi connectivity index (χ0v) is 15.7. The van der Waals surface area contributed by atoms with Crippen LogP contribution in [0.2, 0.25) is 5.15 Å². The Morgan fingerprint density at radius 1 is 1.35 bits per heavy atom. The number of nitriles is 1. The van der Waals surface area contributed by atoms with Crippen LogP contribution in [0.4, 0.5) is 0 Å². The summed E-state index contributed by atoms with van der Waals surface area (Å²) in [5.41, 5.74) is 0.189. The van der Waals surface area contributed by atoms with Gasteiger partial charge in [0.15, 0.2) is 6.61 Å². The van der Waals surface area contributed by atoms with Crippen molar-refractivity contribution in [3.8, 4) is 11.8 Å². The molecule has 0 fully saturated rings. The molecule has 1 aromatic heterocycles. The number of esters is 1. The maximum atomic E-state index is 12.4. The Morgan fingerprint density at radius 2 is 1.96 bits per heavy atom. The lowest BCUT2D eigenvalue weighted by atomic mass is 10.1. The Bertz CT molecular complexity index is 869. The van der Waals surface area contributed by atoms with Gasteiger partial charge in [-0.15, -0.1) is 0 Å². The molecule has 1 aromatic carbocycles. The standard InChI is InChI=1S/C18H19ClN4O3/c1-12-15(16(19)23(21-12)13-8-6-5-7-9-13)17(25)26-10-14(24)22(4)18(2,3)11-20/h5-9H,10H2,1-4H3. The van der Waals surface area contributed by atoms with Crippen molar-refractivity contribution in [2.75, 3.05) is 13.7 Å². The number of amides is 1. The van der Waals surface area contributed by atoms with Gasteiger partial charge in [-0.25, -0.2) is 9.48 Å². The lowest BCUT2D eigenvalue weighted by molar-refractivity contribution is -0.136. The molecule has 0 aliphatic heterocycles. The topological polar surface area (TPSA) is 88.2 Å². The van der Waals surface area contributed by atoms with Crippen LogP contribution >= 0.6 is 11.6 Å². The monoisotopic (exact) mass is 374 g/mol. The van der Waals surface area contributed by atoms with Crippen molar-refractivity contribution in [1.82, 2.24) is 14.7 Å². The van der Waals surface area contributed by atoms with Crippen LogP contribution in [0.3, 0.4) is 0 Å². The molecule has 0 N–H and O–H groups in total. The number of ether oxygens (including phenoxy) is 1. The van der Waals surface area contributed by atoms with Crippen LogP contribution in [0.25, 0.3) is 5.69 Å². The number of aryl methyl sites for hydroxylation is 1. The van der Waals surface area contributed by atoms with Gasteiger partial charge in [0.25, 0.3) is 5.91 Å². The number of hydrogen-bond acceptors (Lipinski definition) is 5. The largest absolute Gasteiger partial charge is 0.452 e. The van der Waals surface area contributed by atoms with Gasteiger partial charge in [-0.05, 0) is 32.9 Å². The predicted molar refractivity (Wildman–Crippen MR) is 96.1 cm³/mol. The van der Waals surface area contributed by atoms with E-state index < -0.39 is 24.0 Å². The van der Waals surface area contributed by atoms with Gasteiger partial charge in [0.05, 0.1) is 17.5 Å². The van der Waals surface area contributed by atoms with Gasteiger partial charge in [0.2, 0.25) is 0 Å². The maximum Gasteiger partial charge on any atom is 0.343 e. The molecule has 136 valence electrons. The van der Waals surface area contributed by atoms with Gasteiger partial charge in [0, 0.05) is 7.05 Å². The number of para-hydroxylation sites is 1. The van der Waals surface area contributed by atoms with E-state index in [0.717, 1.165) is 0 Å². The molecule has 1 heterocycles. The molecule has 7 nitrogen and oxygen atoms in total. The van der Waals surface area contributed by atoms with Gasteiger partial charge in [-0.1, -0.05) is 29.8 Å². The molecule has 26 heavy (non-hydrogen) atoms. The summed E-state index contributed by atoms with van der Waals surface area (Å²) in [5, 5.41) is 13.4. The van der Waals surface area contributed by atoms with E-state index in [9.17, 15) is 9.59 Å². The number of hydrogen-bond donors (Lipinski definition) is 0. The summed E-state index contributed by atoms with van der Waals surface area (Å²) in [6, 6.07) is 11.1. The van der Waals surface area contributed by atoms with E-state index in [0.29, 0.717) is 11.4 Å². The minimum Gasteiger partial charge on any atom is -0.452 e. The molecular weight excluding hydrogens is 356 g/mol. The van der Waals surface area contributed by atoms with Crippen molar-refractivity contribution in [3.05, 3.63) is 46.7 Å². The first kappa shape index (κ1) is 19.5. The summed E-state index contributed by atoms with van der Waals surface area (Å²) >= 11 is 6.29. The molecule has 0 radical (unpaired) electrons. The Kier molecular flexibility index (Phi) is 5.68. The maximum absolute atomic E-state index is 12.4. The Hall–Kier alpha value is -2.85. The zero-order valence-electron chi connectivity index (χ0n) is 15.0. The van der Waals surface area contributed by atoms with Crippen molar-refractivity contribution in [3.63, 3.8) is 0 Å². The van der Waals surface area contributed by atoms with Gasteiger partial charge in [0.1, 0.15) is 16.3 Å². The molecule has 0 unspecified atom stereocenters. The second-order valence-corrected chi connectivity index (χ2v) is 6.56. The van der Waals surface area contributed by atoms with Crippen molar-refractivity contribution in [2.24, 2.45) is 0 Å². The van der Waals surface area contributed by atoms with Crippen LogP contribution in [0.1, 0.15) is 29.9 Å². The predicted octanol–water partition coefficient (Wildman–Crippen LogP) is 2.75. The van der Waals surface area contributed by atoms with Crippen molar-refractivity contribution in [1.29, 1.82) is 5.26 Å². The summed E-state index contributed by atoms with van der Waals surface area (Å²) in [6.45, 7) is 4.33. The van der Waals surface area contributed by atoms with Gasteiger partial charge in [-0.2, -0.15) is 10.4 Å². The van der Waals surface area contributed by atoms with E-state index in [1.165, 1.54) is 16.6 Å². The van der Waals surface area contributed by atoms with Crippen molar-refractivity contribution < 1.29 is 14.3 Å². The van der Waals surface area contributed by atoms with Crippen LogP contribution in [-0.4, -0.2) is 45.8 Å². The number of aromatic nitrogens is 2. The summed E-state index contributed by atoms with van der Waals surface area (Å²) in [4.78, 5) is 25.7. The average molecular weight is 375 g/mol. The Balaban J connectivity index is 2.15. The van der Waals surface area contributed by atoms with Crippen molar-refractivity contribution >= 4 is 23.5 Å². The number of carbonyl (C=O) groups is 2. The molecular formula is C18H19ClN4O3. The van der Waals surface area contributed by atoms with E-state index in [2.05, 4.69) is 5.10 Å². The molecule has 0 bridgehead atoms. The molecule has 2 aromatic rings. The molecule has 2 rings (SSSR count). The van der Waals surface area contributed by atoms with Gasteiger partial charge >= 0.3 is 5.97 Å². The van der Waals surface area contributed by atoms with E-state index in [4.69, 9.17) is 21.6 Å². The molecule has 0 saturated heterocycles. The second-order valence-electron chi connectivity index (χ2n) is 6.20. The van der Waals surface area contributed by atoms with Crippen LogP contribution in [0.15, 0.2) is 30.3 Å². The number of likely N-dealkylation sites (N-methyl/N-ethyl adjacent to an activating group) is 1. The van der Waals surface area contributed by atoms with E-state index in [-0.39, 0.29) is 10.7 Å². The highest BCUT2D eigenvalue weighted by atomic mass is 35.5. The number of nitrogens with zero attached hydrogens (tertiary/aromatic N) is 4. The number of carbonyl (C=O) groups excluding carboxylic acids is 2. The third-order valence-corrected chi connectivity index (χ3v) is 4.37. The normalized spacial score (nSPS) is 10.9. The summed E-state index contributed by atoms with van der Waals surface area (Å²) < 4.78 is 6.51. The first-order valence-corrected chi connectivity index (χ1v) is 8.22. The quantitative estimate of drug-likeness (QED) is 0.751. The minimum absolute atomic E-state index is 0.102. The summed E-state index contributed by atoms with van der Waals surface area (Å²) in [6.07, 6.45) is 0. The van der Waals surface area contributed by atoms with Crippen LogP contribution in [-0.2, 0) is 9.53 Å². The van der Waals surface area contributed by atoms with E-state index in [1.54, 1.807) is 32.9 Å². The first-order chi connectivity index (χ1) is 12.2. The number of benzene rings is 1. The fourth-order valence-corrected chi connectivity index (χ4v) is 2.50. The molecule has 8 heteroatoms.